The van der Waals surface area contributed by atoms with Crippen LogP contribution in [0.3, 0.4) is 0 Å². The number of methoxy groups -OCH3 is 1. The van der Waals surface area contributed by atoms with E-state index in [1.54, 1.807) is 21.6 Å². The first-order valence-corrected chi connectivity index (χ1v) is 11.9. The molecule has 2 aliphatic rings. The maximum atomic E-state index is 13.2. The summed E-state index contributed by atoms with van der Waals surface area (Å²) in [4.78, 5) is 29.5. The number of nitrogens with zero attached hydrogens (tertiary/aromatic N) is 5. The van der Waals surface area contributed by atoms with Crippen molar-refractivity contribution in [3.05, 3.63) is 76.1 Å². The van der Waals surface area contributed by atoms with E-state index in [0.29, 0.717) is 55.6 Å². The predicted octanol–water partition coefficient (Wildman–Crippen LogP) is 2.74. The molecule has 10 heteroatoms. The summed E-state index contributed by atoms with van der Waals surface area (Å²) < 4.78 is 13.0. The van der Waals surface area contributed by atoms with Crippen molar-refractivity contribution < 1.29 is 19.1 Å². The van der Waals surface area contributed by atoms with Crippen LogP contribution < -0.4 is 4.74 Å². The molecule has 0 saturated carbocycles. The van der Waals surface area contributed by atoms with E-state index in [1.807, 2.05) is 48.5 Å². The molecule has 9 nitrogen and oxygen atoms in total. The lowest BCUT2D eigenvalue weighted by Crippen LogP contribution is -2.51. The lowest BCUT2D eigenvalue weighted by molar-refractivity contribution is -0.131. The summed E-state index contributed by atoms with van der Waals surface area (Å²) in [5, 5.41) is 9.05. The van der Waals surface area contributed by atoms with Gasteiger partial charge in [-0.3, -0.25) is 9.59 Å². The summed E-state index contributed by atoms with van der Waals surface area (Å²) in [5.41, 5.74) is 2.89. The van der Waals surface area contributed by atoms with Crippen LogP contribution in [0.15, 0.2) is 48.5 Å². The van der Waals surface area contributed by atoms with Crippen LogP contribution in [-0.2, 0) is 29.1 Å². The van der Waals surface area contributed by atoms with Gasteiger partial charge in [-0.1, -0.05) is 41.1 Å². The number of carbonyl (C=O) groups excluding carboxylic acids is 2. The van der Waals surface area contributed by atoms with E-state index in [0.717, 1.165) is 16.9 Å². The summed E-state index contributed by atoms with van der Waals surface area (Å²) in [6.45, 7) is 2.58. The smallest absolute Gasteiger partial charge is 0.276 e. The highest BCUT2D eigenvalue weighted by Gasteiger charge is 2.32. The van der Waals surface area contributed by atoms with Crippen molar-refractivity contribution in [1.29, 1.82) is 0 Å². The SMILES string of the molecule is COc1cccc(CC(=O)N2CCN(C(=O)c3nnn4c3CO[C@H](c3ccc(Cl)cc3)C4)CC2)c1. The normalized spacial score (nSPS) is 17.7. The lowest BCUT2D eigenvalue weighted by Gasteiger charge is -2.34. The average Bonchev–Trinajstić information content (AvgIpc) is 3.32. The van der Waals surface area contributed by atoms with Gasteiger partial charge in [-0.15, -0.1) is 5.10 Å². The first-order valence-electron chi connectivity index (χ1n) is 11.5. The minimum absolute atomic E-state index is 0.0352. The second-order valence-electron chi connectivity index (χ2n) is 8.62. The van der Waals surface area contributed by atoms with E-state index >= 15 is 0 Å². The number of hydrogen-bond donors (Lipinski definition) is 0. The van der Waals surface area contributed by atoms with Gasteiger partial charge in [0.15, 0.2) is 5.69 Å². The molecule has 1 aromatic heterocycles. The molecule has 3 heterocycles. The fourth-order valence-electron chi connectivity index (χ4n) is 4.43. The Morgan fingerprint density at radius 3 is 2.57 bits per heavy atom. The minimum Gasteiger partial charge on any atom is -0.497 e. The van der Waals surface area contributed by atoms with Crippen LogP contribution in [-0.4, -0.2) is 69.9 Å². The maximum absolute atomic E-state index is 13.2. The number of amides is 2. The number of halogens is 1. The van der Waals surface area contributed by atoms with Crippen LogP contribution in [0, 0.1) is 0 Å². The molecule has 1 saturated heterocycles. The Balaban J connectivity index is 1.18. The number of carbonyl (C=O) groups is 2. The number of ether oxygens (including phenoxy) is 2. The molecule has 0 N–H and O–H groups in total. The van der Waals surface area contributed by atoms with Crippen molar-refractivity contribution in [2.24, 2.45) is 0 Å². The Morgan fingerprint density at radius 2 is 1.83 bits per heavy atom. The van der Waals surface area contributed by atoms with E-state index in [4.69, 9.17) is 21.1 Å². The fraction of sp³-hybridized carbons (Fsp3) is 0.360. The van der Waals surface area contributed by atoms with Crippen molar-refractivity contribution >= 4 is 23.4 Å². The van der Waals surface area contributed by atoms with Gasteiger partial charge < -0.3 is 19.3 Å². The van der Waals surface area contributed by atoms with Gasteiger partial charge in [-0.05, 0) is 35.4 Å². The Hall–Kier alpha value is -3.43. The van der Waals surface area contributed by atoms with Crippen molar-refractivity contribution in [3.8, 4) is 5.75 Å². The molecule has 3 aromatic rings. The van der Waals surface area contributed by atoms with Crippen LogP contribution in [0.25, 0.3) is 0 Å². The standard InChI is InChI=1S/C25H26ClN5O4/c1-34-20-4-2-3-17(13-20)14-23(32)29-9-11-30(12-10-29)25(33)24-21-16-35-22(15-31(21)28-27-24)18-5-7-19(26)8-6-18/h2-8,13,22H,9-12,14-16H2,1H3/t22-/m0/s1. The quantitative estimate of drug-likeness (QED) is 0.540. The molecule has 0 bridgehead atoms. The molecule has 5 rings (SSSR count). The zero-order chi connectivity index (χ0) is 24.4. The Labute approximate surface area is 208 Å². The van der Waals surface area contributed by atoms with Crippen molar-refractivity contribution in [3.63, 3.8) is 0 Å². The highest BCUT2D eigenvalue weighted by Crippen LogP contribution is 2.28. The summed E-state index contributed by atoms with van der Waals surface area (Å²) in [5.74, 6) is 0.582. The first-order chi connectivity index (χ1) is 17.0. The van der Waals surface area contributed by atoms with Gasteiger partial charge in [0.1, 0.15) is 11.9 Å². The molecule has 2 aliphatic heterocycles. The largest absolute Gasteiger partial charge is 0.497 e. The number of hydrogen-bond acceptors (Lipinski definition) is 6. The first kappa shape index (κ1) is 23.3. The van der Waals surface area contributed by atoms with Crippen LogP contribution in [0.1, 0.15) is 33.4 Å². The number of fused-ring (bicyclic) bond motifs is 1. The highest BCUT2D eigenvalue weighted by atomic mass is 35.5. The predicted molar refractivity (Wildman–Crippen MR) is 128 cm³/mol. The molecule has 35 heavy (non-hydrogen) atoms. The number of piperazine rings is 1. The second kappa shape index (κ2) is 10.1. The molecule has 0 unspecified atom stereocenters. The highest BCUT2D eigenvalue weighted by molar-refractivity contribution is 6.30. The molecule has 0 spiro atoms. The number of rotatable bonds is 5. The zero-order valence-corrected chi connectivity index (χ0v) is 20.1. The van der Waals surface area contributed by atoms with Crippen LogP contribution in [0.4, 0.5) is 0 Å². The minimum atomic E-state index is -0.181. The fourth-order valence-corrected chi connectivity index (χ4v) is 4.56. The average molecular weight is 496 g/mol. The summed E-state index contributed by atoms with van der Waals surface area (Å²) >= 11 is 5.98. The topological polar surface area (TPSA) is 89.8 Å². The van der Waals surface area contributed by atoms with Crippen LogP contribution in [0.5, 0.6) is 5.75 Å². The van der Waals surface area contributed by atoms with Crippen molar-refractivity contribution in [1.82, 2.24) is 24.8 Å². The second-order valence-corrected chi connectivity index (χ2v) is 9.06. The van der Waals surface area contributed by atoms with E-state index in [-0.39, 0.29) is 24.5 Å². The van der Waals surface area contributed by atoms with Gasteiger partial charge >= 0.3 is 0 Å². The Kier molecular flexibility index (Phi) is 6.70. The van der Waals surface area contributed by atoms with Crippen molar-refractivity contribution in [2.45, 2.75) is 25.7 Å². The van der Waals surface area contributed by atoms with E-state index in [1.165, 1.54) is 0 Å². The summed E-state index contributed by atoms with van der Waals surface area (Å²) in [6, 6.07) is 15.0. The Bertz CT molecular complexity index is 1220. The van der Waals surface area contributed by atoms with Gasteiger partial charge in [0.25, 0.3) is 5.91 Å². The van der Waals surface area contributed by atoms with E-state index < -0.39 is 0 Å². The molecule has 1 fully saturated rings. The van der Waals surface area contributed by atoms with Crippen LogP contribution >= 0.6 is 11.6 Å². The third-order valence-electron chi connectivity index (χ3n) is 6.45. The zero-order valence-electron chi connectivity index (χ0n) is 19.4. The molecule has 182 valence electrons. The lowest BCUT2D eigenvalue weighted by atomic mass is 10.1. The Morgan fingerprint density at radius 1 is 1.09 bits per heavy atom. The van der Waals surface area contributed by atoms with Crippen LogP contribution in [0.2, 0.25) is 5.02 Å². The third-order valence-corrected chi connectivity index (χ3v) is 6.70. The molecule has 2 aromatic carbocycles. The number of benzene rings is 2. The molecular formula is C25H26ClN5O4. The van der Waals surface area contributed by atoms with E-state index in [9.17, 15) is 9.59 Å². The van der Waals surface area contributed by atoms with Gasteiger partial charge in [0.2, 0.25) is 5.91 Å². The molecule has 2 amide bonds. The molecule has 0 radical (unpaired) electrons. The molecule has 0 aliphatic carbocycles. The van der Waals surface area contributed by atoms with Gasteiger partial charge in [0.05, 0.1) is 32.4 Å². The monoisotopic (exact) mass is 495 g/mol. The number of aromatic nitrogens is 3. The van der Waals surface area contributed by atoms with E-state index in [2.05, 4.69) is 10.3 Å². The van der Waals surface area contributed by atoms with Crippen molar-refractivity contribution in [2.75, 3.05) is 33.3 Å². The summed E-state index contributed by atoms with van der Waals surface area (Å²) in [7, 11) is 1.61. The molecule has 1 atom stereocenters. The maximum Gasteiger partial charge on any atom is 0.276 e. The third kappa shape index (κ3) is 5.01. The van der Waals surface area contributed by atoms with Gasteiger partial charge in [-0.2, -0.15) is 0 Å². The molecular weight excluding hydrogens is 470 g/mol. The van der Waals surface area contributed by atoms with Gasteiger partial charge in [0, 0.05) is 31.2 Å². The summed E-state index contributed by atoms with van der Waals surface area (Å²) in [6.07, 6.45) is 0.124. The van der Waals surface area contributed by atoms with Gasteiger partial charge in [-0.25, -0.2) is 4.68 Å².